The molecular formula is C26H29N5O4. The summed E-state index contributed by atoms with van der Waals surface area (Å²) in [5.74, 6) is -2.04. The molecule has 9 nitrogen and oxygen atoms in total. The van der Waals surface area contributed by atoms with Crippen molar-refractivity contribution in [2.45, 2.75) is 31.7 Å². The molecule has 3 aromatic rings. The topological polar surface area (TPSA) is 164 Å². The summed E-state index contributed by atoms with van der Waals surface area (Å²) in [7, 11) is 0. The number of carboxylic acid groups (broad SMARTS) is 1. The molecule has 0 saturated carbocycles. The standard InChI is InChI=1S/C26H29N5O4/c27-26(28)29-14-6-11-22(25(34)35)31-24(33)21-13-12-20(30-23(21)32)16-19-10-5-4-9-18(19)15-17-7-2-1-3-8-17/h1-5,7-10,12-13,22H,6,11,14-16H2,(H,30,32)(H,31,33)(H,34,35)(H4,27,28,29)/t22-/m0/s1. The molecule has 0 bridgehead atoms. The van der Waals surface area contributed by atoms with Crippen molar-refractivity contribution in [3.8, 4) is 0 Å². The van der Waals surface area contributed by atoms with E-state index in [0.717, 1.165) is 17.5 Å². The number of hydrogen-bond acceptors (Lipinski definition) is 4. The van der Waals surface area contributed by atoms with Crippen LogP contribution in [0.1, 0.15) is 45.6 Å². The van der Waals surface area contributed by atoms with Crippen LogP contribution in [0.4, 0.5) is 0 Å². The van der Waals surface area contributed by atoms with Crippen LogP contribution in [0.2, 0.25) is 0 Å². The summed E-state index contributed by atoms with van der Waals surface area (Å²) in [6.45, 7) is 0.239. The van der Waals surface area contributed by atoms with E-state index in [0.29, 0.717) is 18.5 Å². The summed E-state index contributed by atoms with van der Waals surface area (Å²) in [5.41, 5.74) is 13.8. The number of carbonyl (C=O) groups excluding carboxylic acids is 1. The Kier molecular flexibility index (Phi) is 8.77. The van der Waals surface area contributed by atoms with Gasteiger partial charge in [-0.1, -0.05) is 54.6 Å². The number of carboxylic acids is 1. The average Bonchev–Trinajstić information content (AvgIpc) is 2.82. The highest BCUT2D eigenvalue weighted by atomic mass is 16.4. The lowest BCUT2D eigenvalue weighted by molar-refractivity contribution is -0.139. The first kappa shape index (κ1) is 25.2. The monoisotopic (exact) mass is 475 g/mol. The molecule has 9 heteroatoms. The minimum atomic E-state index is -1.20. The smallest absolute Gasteiger partial charge is 0.326 e. The van der Waals surface area contributed by atoms with Gasteiger partial charge in [0.05, 0.1) is 0 Å². The maximum absolute atomic E-state index is 12.6. The molecule has 2 aromatic carbocycles. The molecule has 1 aromatic heterocycles. The highest BCUT2D eigenvalue weighted by Crippen LogP contribution is 2.17. The van der Waals surface area contributed by atoms with Crippen LogP contribution in [0.3, 0.4) is 0 Å². The molecule has 3 rings (SSSR count). The Morgan fingerprint density at radius 1 is 0.943 bits per heavy atom. The van der Waals surface area contributed by atoms with Crippen molar-refractivity contribution < 1.29 is 14.7 Å². The SMILES string of the molecule is NC(N)=NCCC[C@H](NC(=O)c1ccc(Cc2ccccc2Cc2ccccc2)[nH]c1=O)C(=O)O. The van der Waals surface area contributed by atoms with E-state index in [9.17, 15) is 19.5 Å². The summed E-state index contributed by atoms with van der Waals surface area (Å²) >= 11 is 0. The quantitative estimate of drug-likeness (QED) is 0.161. The van der Waals surface area contributed by atoms with Crippen molar-refractivity contribution in [2.75, 3.05) is 6.54 Å². The molecule has 0 aliphatic carbocycles. The largest absolute Gasteiger partial charge is 0.480 e. The van der Waals surface area contributed by atoms with E-state index in [1.54, 1.807) is 6.07 Å². The van der Waals surface area contributed by atoms with Gasteiger partial charge >= 0.3 is 5.97 Å². The fraction of sp³-hybridized carbons (Fsp3) is 0.231. The number of hydrogen-bond donors (Lipinski definition) is 5. The predicted octanol–water partition coefficient (Wildman–Crippen LogP) is 1.79. The number of benzene rings is 2. The zero-order valence-electron chi connectivity index (χ0n) is 19.2. The molecule has 0 aliphatic heterocycles. The summed E-state index contributed by atoms with van der Waals surface area (Å²) < 4.78 is 0. The van der Waals surface area contributed by atoms with Crippen LogP contribution in [0.15, 0.2) is 76.5 Å². The van der Waals surface area contributed by atoms with Gasteiger partial charge in [-0.15, -0.1) is 0 Å². The molecule has 0 aliphatic rings. The molecule has 0 fully saturated rings. The highest BCUT2D eigenvalue weighted by Gasteiger charge is 2.22. The van der Waals surface area contributed by atoms with Gasteiger partial charge < -0.3 is 26.9 Å². The van der Waals surface area contributed by atoms with Crippen molar-refractivity contribution in [3.63, 3.8) is 0 Å². The zero-order chi connectivity index (χ0) is 25.2. The molecule has 182 valence electrons. The Morgan fingerprint density at radius 3 is 2.23 bits per heavy atom. The van der Waals surface area contributed by atoms with Crippen LogP contribution in [0.25, 0.3) is 0 Å². The summed E-state index contributed by atoms with van der Waals surface area (Å²) in [6, 6.07) is 20.0. The van der Waals surface area contributed by atoms with Crippen molar-refractivity contribution >= 4 is 17.8 Å². The number of pyridine rings is 1. The average molecular weight is 476 g/mol. The number of nitrogens with two attached hydrogens (primary N) is 2. The van der Waals surface area contributed by atoms with Gasteiger partial charge in [-0.05, 0) is 48.1 Å². The van der Waals surface area contributed by atoms with Crippen LogP contribution in [0, 0.1) is 0 Å². The lowest BCUT2D eigenvalue weighted by atomic mass is 9.96. The number of H-pyrrole nitrogens is 1. The molecule has 1 amide bonds. The Bertz CT molecular complexity index is 1250. The number of carbonyl (C=O) groups is 2. The predicted molar refractivity (Wildman–Crippen MR) is 134 cm³/mol. The Balaban J connectivity index is 1.69. The number of aliphatic imine (C=N–C) groups is 1. The molecule has 0 radical (unpaired) electrons. The normalized spacial score (nSPS) is 11.4. The van der Waals surface area contributed by atoms with Gasteiger partial charge in [0.1, 0.15) is 11.6 Å². The van der Waals surface area contributed by atoms with Crippen LogP contribution in [-0.2, 0) is 17.6 Å². The van der Waals surface area contributed by atoms with Crippen molar-refractivity contribution in [1.82, 2.24) is 10.3 Å². The van der Waals surface area contributed by atoms with E-state index in [1.807, 2.05) is 36.4 Å². The Labute approximate surface area is 202 Å². The Morgan fingerprint density at radius 2 is 1.60 bits per heavy atom. The van der Waals surface area contributed by atoms with Gasteiger partial charge in [0, 0.05) is 18.7 Å². The summed E-state index contributed by atoms with van der Waals surface area (Å²) in [5, 5.41) is 11.8. The molecular weight excluding hydrogens is 446 g/mol. The van der Waals surface area contributed by atoms with E-state index in [4.69, 9.17) is 11.5 Å². The third-order valence-corrected chi connectivity index (χ3v) is 5.50. The van der Waals surface area contributed by atoms with Crippen LogP contribution in [-0.4, -0.2) is 40.5 Å². The molecule has 0 unspecified atom stereocenters. The fourth-order valence-electron chi connectivity index (χ4n) is 3.72. The van der Waals surface area contributed by atoms with E-state index in [2.05, 4.69) is 33.5 Å². The number of aromatic amines is 1. The van der Waals surface area contributed by atoms with Gasteiger partial charge in [-0.25, -0.2) is 4.79 Å². The molecule has 1 heterocycles. The first-order chi connectivity index (χ1) is 16.8. The minimum absolute atomic E-state index is 0.0878. The number of nitrogens with zero attached hydrogens (tertiary/aromatic N) is 1. The van der Waals surface area contributed by atoms with Gasteiger partial charge in [0.15, 0.2) is 5.96 Å². The number of amides is 1. The summed E-state index contributed by atoms with van der Waals surface area (Å²) in [4.78, 5) is 43.3. The second-order valence-electron chi connectivity index (χ2n) is 8.15. The first-order valence-electron chi connectivity index (χ1n) is 11.3. The third-order valence-electron chi connectivity index (χ3n) is 5.50. The van der Waals surface area contributed by atoms with E-state index in [-0.39, 0.29) is 24.5 Å². The first-order valence-corrected chi connectivity index (χ1v) is 11.3. The van der Waals surface area contributed by atoms with E-state index >= 15 is 0 Å². The number of aromatic nitrogens is 1. The van der Waals surface area contributed by atoms with Gasteiger partial charge in [-0.3, -0.25) is 14.6 Å². The van der Waals surface area contributed by atoms with Crippen molar-refractivity contribution in [1.29, 1.82) is 0 Å². The lowest BCUT2D eigenvalue weighted by Crippen LogP contribution is -2.42. The van der Waals surface area contributed by atoms with Gasteiger partial charge in [0.25, 0.3) is 11.5 Å². The minimum Gasteiger partial charge on any atom is -0.480 e. The van der Waals surface area contributed by atoms with Crippen LogP contribution in [0.5, 0.6) is 0 Å². The number of rotatable bonds is 11. The fourth-order valence-corrected chi connectivity index (χ4v) is 3.72. The number of aliphatic carboxylic acids is 1. The molecule has 35 heavy (non-hydrogen) atoms. The second kappa shape index (κ2) is 12.2. The molecule has 1 atom stereocenters. The highest BCUT2D eigenvalue weighted by molar-refractivity contribution is 5.96. The molecule has 0 spiro atoms. The maximum atomic E-state index is 12.6. The number of guanidine groups is 1. The van der Waals surface area contributed by atoms with Crippen molar-refractivity contribution in [2.24, 2.45) is 16.5 Å². The van der Waals surface area contributed by atoms with Crippen LogP contribution < -0.4 is 22.3 Å². The number of nitrogens with one attached hydrogen (secondary N) is 2. The second-order valence-corrected chi connectivity index (χ2v) is 8.15. The zero-order valence-corrected chi connectivity index (χ0v) is 19.2. The maximum Gasteiger partial charge on any atom is 0.326 e. The van der Waals surface area contributed by atoms with Crippen LogP contribution >= 0.6 is 0 Å². The van der Waals surface area contributed by atoms with Crippen molar-refractivity contribution in [3.05, 3.63) is 105 Å². The van der Waals surface area contributed by atoms with Gasteiger partial charge in [0.2, 0.25) is 0 Å². The third kappa shape index (κ3) is 7.56. The Hall–Kier alpha value is -4.40. The molecule has 7 N–H and O–H groups in total. The summed E-state index contributed by atoms with van der Waals surface area (Å²) in [6.07, 6.45) is 1.73. The van der Waals surface area contributed by atoms with E-state index < -0.39 is 23.5 Å². The molecule has 0 saturated heterocycles. The van der Waals surface area contributed by atoms with E-state index in [1.165, 1.54) is 11.6 Å². The van der Waals surface area contributed by atoms with Gasteiger partial charge in [-0.2, -0.15) is 0 Å². The lowest BCUT2D eigenvalue weighted by Gasteiger charge is -2.14.